The first-order chi connectivity index (χ1) is 15.9. The summed E-state index contributed by atoms with van der Waals surface area (Å²) in [5.41, 5.74) is 0.528. The van der Waals surface area contributed by atoms with E-state index in [0.29, 0.717) is 11.6 Å². The average molecular weight is 545 g/mol. The van der Waals surface area contributed by atoms with Gasteiger partial charge >= 0.3 is 10.2 Å². The van der Waals surface area contributed by atoms with Crippen molar-refractivity contribution >= 4 is 26.0 Å². The van der Waals surface area contributed by atoms with Gasteiger partial charge in [0, 0.05) is 44.6 Å². The maximum absolute atomic E-state index is 13.0. The van der Waals surface area contributed by atoms with Gasteiger partial charge in [-0.1, -0.05) is 37.6 Å². The van der Waals surface area contributed by atoms with Crippen LogP contribution in [0.4, 0.5) is 25.4 Å². The SMILES string of the molecule is COc1cc(CN(C(O)Cc2ccc(S(F)(F)(F)(F)F)cc2)C2C=CS(=O)(=O)C2)nc(N(C)C)n1. The second-order valence-corrected chi connectivity index (χ2v) is 12.6. The molecule has 0 radical (unpaired) electrons. The molecule has 1 aromatic carbocycles. The number of aliphatic hydroxyl groups is 1. The van der Waals surface area contributed by atoms with Crippen molar-refractivity contribution in [3.63, 3.8) is 0 Å². The summed E-state index contributed by atoms with van der Waals surface area (Å²) in [6.45, 7) is -0.0606. The molecule has 1 aliphatic heterocycles. The largest absolute Gasteiger partial charge is 0.481 e. The molecule has 196 valence electrons. The molecule has 1 aromatic heterocycles. The smallest absolute Gasteiger partial charge is 0.310 e. The van der Waals surface area contributed by atoms with E-state index >= 15 is 0 Å². The number of rotatable bonds is 9. The highest BCUT2D eigenvalue weighted by Crippen LogP contribution is 3.02. The number of halogens is 5. The molecule has 0 amide bonds. The lowest BCUT2D eigenvalue weighted by atomic mass is 10.1. The van der Waals surface area contributed by atoms with Gasteiger partial charge in [0.15, 0.2) is 9.84 Å². The number of aliphatic hydroxyl groups excluding tert-OH is 1. The number of ether oxygens (including phenoxy) is 1. The molecule has 2 heterocycles. The van der Waals surface area contributed by atoms with E-state index in [1.807, 2.05) is 0 Å². The summed E-state index contributed by atoms with van der Waals surface area (Å²) < 4.78 is 94.1. The first-order valence-corrected chi connectivity index (χ1v) is 13.8. The first kappa shape index (κ1) is 27.1. The molecule has 35 heavy (non-hydrogen) atoms. The van der Waals surface area contributed by atoms with Crippen LogP contribution in [0.5, 0.6) is 5.88 Å². The van der Waals surface area contributed by atoms with E-state index in [1.165, 1.54) is 24.2 Å². The second-order valence-electron chi connectivity index (χ2n) is 8.29. The topological polar surface area (TPSA) is 95.9 Å². The standard InChI is InChI=1S/C20H25F5N4O4S2/c1-28(2)20-26-15(11-18(27-20)33-3)12-29(16-8-9-34(31,32)13-16)19(30)10-14-4-6-17(7-5-14)35(21,22,23,24)25/h4-9,11,16,19,30H,10,12-13H2,1-3H3. The number of benzene rings is 1. The second kappa shape index (κ2) is 8.57. The fraction of sp³-hybridized carbons (Fsp3) is 0.400. The van der Waals surface area contributed by atoms with Crippen LogP contribution in [0.25, 0.3) is 0 Å². The fourth-order valence-corrected chi connectivity index (χ4v) is 5.41. The molecule has 1 N–H and O–H groups in total. The summed E-state index contributed by atoms with van der Waals surface area (Å²) in [4.78, 5) is 9.55. The van der Waals surface area contributed by atoms with Crippen LogP contribution in [0.1, 0.15) is 11.3 Å². The van der Waals surface area contributed by atoms with Crippen molar-refractivity contribution in [2.45, 2.75) is 30.1 Å². The lowest BCUT2D eigenvalue weighted by molar-refractivity contribution is -0.0147. The lowest BCUT2D eigenvalue weighted by Gasteiger charge is -2.40. The van der Waals surface area contributed by atoms with Crippen LogP contribution in [0.3, 0.4) is 0 Å². The molecular formula is C20H25F5N4O4S2. The van der Waals surface area contributed by atoms with Crippen molar-refractivity contribution in [3.8, 4) is 5.88 Å². The highest BCUT2D eigenvalue weighted by molar-refractivity contribution is 8.45. The van der Waals surface area contributed by atoms with E-state index in [1.54, 1.807) is 19.0 Å². The number of aromatic nitrogens is 2. The summed E-state index contributed by atoms with van der Waals surface area (Å²) in [5.74, 6) is 0.208. The summed E-state index contributed by atoms with van der Waals surface area (Å²) in [6.07, 6.45) is -0.248. The molecule has 0 aliphatic carbocycles. The maximum atomic E-state index is 13.0. The van der Waals surface area contributed by atoms with Crippen molar-refractivity contribution in [1.82, 2.24) is 14.9 Å². The van der Waals surface area contributed by atoms with Crippen molar-refractivity contribution in [2.75, 3.05) is 31.9 Å². The fourth-order valence-electron chi connectivity index (χ4n) is 3.45. The van der Waals surface area contributed by atoms with Crippen LogP contribution in [-0.2, 0) is 22.8 Å². The number of hydrogen-bond donors (Lipinski definition) is 1. The first-order valence-electron chi connectivity index (χ1n) is 10.1. The molecule has 1 aliphatic rings. The Kier molecular flexibility index (Phi) is 6.63. The maximum Gasteiger partial charge on any atom is 0.310 e. The van der Waals surface area contributed by atoms with E-state index in [2.05, 4.69) is 9.97 Å². The average Bonchev–Trinajstić information content (AvgIpc) is 3.09. The predicted molar refractivity (Wildman–Crippen MR) is 123 cm³/mol. The molecule has 0 fully saturated rings. The van der Waals surface area contributed by atoms with Crippen molar-refractivity contribution in [1.29, 1.82) is 0 Å². The third-order valence-electron chi connectivity index (χ3n) is 5.20. The quantitative estimate of drug-likeness (QED) is 0.376. The molecule has 15 heteroatoms. The van der Waals surface area contributed by atoms with Gasteiger partial charge in [-0.3, -0.25) is 4.90 Å². The van der Waals surface area contributed by atoms with E-state index in [-0.39, 0.29) is 42.3 Å². The normalized spacial score (nSPS) is 20.3. The molecule has 3 rings (SSSR count). The number of hydrogen-bond acceptors (Lipinski definition) is 8. The third-order valence-corrected chi connectivity index (χ3v) is 7.75. The Morgan fingerprint density at radius 3 is 2.26 bits per heavy atom. The van der Waals surface area contributed by atoms with Crippen molar-refractivity contribution in [3.05, 3.63) is 53.1 Å². The Bertz CT molecular complexity index is 1220. The van der Waals surface area contributed by atoms with E-state index in [9.17, 15) is 33.0 Å². The summed E-state index contributed by atoms with van der Waals surface area (Å²) >= 11 is 0. The van der Waals surface area contributed by atoms with Gasteiger partial charge in [-0.05, 0) is 17.7 Å². The molecule has 2 atom stereocenters. The van der Waals surface area contributed by atoms with Crippen LogP contribution >= 0.6 is 10.2 Å². The highest BCUT2D eigenvalue weighted by atomic mass is 32.5. The van der Waals surface area contributed by atoms with Gasteiger partial charge in [0.25, 0.3) is 0 Å². The predicted octanol–water partition coefficient (Wildman–Crippen LogP) is 3.88. The number of anilines is 1. The van der Waals surface area contributed by atoms with Gasteiger partial charge in [-0.25, -0.2) is 13.4 Å². The van der Waals surface area contributed by atoms with Gasteiger partial charge in [-0.15, -0.1) is 0 Å². The third kappa shape index (κ3) is 7.02. The van der Waals surface area contributed by atoms with Crippen LogP contribution in [0.15, 0.2) is 46.7 Å². The Labute approximate surface area is 199 Å². The van der Waals surface area contributed by atoms with Gasteiger partial charge in [0.05, 0.1) is 18.6 Å². The monoisotopic (exact) mass is 544 g/mol. The Balaban J connectivity index is 1.90. The van der Waals surface area contributed by atoms with E-state index < -0.39 is 37.2 Å². The molecular weight excluding hydrogens is 519 g/mol. The molecule has 0 saturated carbocycles. The van der Waals surface area contributed by atoms with Crippen molar-refractivity contribution in [2.24, 2.45) is 0 Å². The lowest BCUT2D eigenvalue weighted by Crippen LogP contribution is -2.44. The van der Waals surface area contributed by atoms with Gasteiger partial charge in [-0.2, -0.15) is 4.98 Å². The number of nitrogens with zero attached hydrogens (tertiary/aromatic N) is 4. The zero-order valence-corrected chi connectivity index (χ0v) is 20.6. The van der Waals surface area contributed by atoms with Crippen LogP contribution in [0.2, 0.25) is 0 Å². The Morgan fingerprint density at radius 1 is 1.14 bits per heavy atom. The van der Waals surface area contributed by atoms with Crippen molar-refractivity contribution < 1.29 is 37.7 Å². The molecule has 8 nitrogen and oxygen atoms in total. The Morgan fingerprint density at radius 2 is 1.77 bits per heavy atom. The van der Waals surface area contributed by atoms with Crippen LogP contribution < -0.4 is 9.64 Å². The molecule has 2 aromatic rings. The minimum Gasteiger partial charge on any atom is -0.481 e. The minimum absolute atomic E-state index is 0.0606. The highest BCUT2D eigenvalue weighted by Gasteiger charge is 2.65. The number of methoxy groups -OCH3 is 1. The number of sulfone groups is 1. The zero-order valence-electron chi connectivity index (χ0n) is 19.0. The van der Waals surface area contributed by atoms with E-state index in [4.69, 9.17) is 4.74 Å². The van der Waals surface area contributed by atoms with E-state index in [0.717, 1.165) is 17.5 Å². The molecule has 2 unspecified atom stereocenters. The Hall–Kier alpha value is -2.49. The molecule has 0 saturated heterocycles. The van der Waals surface area contributed by atoms with Crippen LogP contribution in [-0.4, -0.2) is 67.6 Å². The molecule has 0 bridgehead atoms. The van der Waals surface area contributed by atoms with Gasteiger partial charge in [0.1, 0.15) is 11.1 Å². The van der Waals surface area contributed by atoms with Gasteiger partial charge in [0.2, 0.25) is 11.8 Å². The van der Waals surface area contributed by atoms with Gasteiger partial charge < -0.3 is 14.7 Å². The zero-order chi connectivity index (χ0) is 26.3. The van der Waals surface area contributed by atoms with Crippen LogP contribution in [0, 0.1) is 0 Å². The summed E-state index contributed by atoms with van der Waals surface area (Å²) in [5, 5.41) is 12.0. The summed E-state index contributed by atoms with van der Waals surface area (Å²) in [6, 6.07) is 2.99. The summed E-state index contributed by atoms with van der Waals surface area (Å²) in [7, 11) is -8.53. The minimum atomic E-state index is -9.82. The molecule has 0 spiro atoms.